The number of hydrogen-bond acceptors (Lipinski definition) is 7. The van der Waals surface area contributed by atoms with Gasteiger partial charge < -0.3 is 29.2 Å². The standard InChI is InChI=1S/C21H26N2O6/c1-23(2)15-8-6-14(7-9-15)12-22-18(24)13-29-21(25)16-10-11-17(26-3)20(28-5)19(16)27-4/h6-11H,12-13H2,1-5H3,(H,22,24). The van der Waals surface area contributed by atoms with Gasteiger partial charge >= 0.3 is 5.97 Å². The molecule has 0 aliphatic carbocycles. The van der Waals surface area contributed by atoms with Gasteiger partial charge in [-0.15, -0.1) is 0 Å². The third kappa shape index (κ3) is 5.54. The number of methoxy groups -OCH3 is 3. The van der Waals surface area contributed by atoms with Crippen LogP contribution in [0.15, 0.2) is 36.4 Å². The van der Waals surface area contributed by atoms with E-state index in [-0.39, 0.29) is 17.1 Å². The summed E-state index contributed by atoms with van der Waals surface area (Å²) in [5.41, 5.74) is 2.15. The molecule has 1 N–H and O–H groups in total. The first-order valence-corrected chi connectivity index (χ1v) is 8.90. The first-order chi connectivity index (χ1) is 13.9. The van der Waals surface area contributed by atoms with Crippen LogP contribution in [0, 0.1) is 0 Å². The van der Waals surface area contributed by atoms with Gasteiger partial charge in [0, 0.05) is 26.3 Å². The molecule has 0 aromatic heterocycles. The number of anilines is 1. The first-order valence-electron chi connectivity index (χ1n) is 8.90. The zero-order valence-electron chi connectivity index (χ0n) is 17.3. The van der Waals surface area contributed by atoms with E-state index >= 15 is 0 Å². The molecular formula is C21H26N2O6. The highest BCUT2D eigenvalue weighted by molar-refractivity contribution is 5.95. The molecule has 0 fully saturated rings. The van der Waals surface area contributed by atoms with Crippen LogP contribution in [0.25, 0.3) is 0 Å². The van der Waals surface area contributed by atoms with Crippen molar-refractivity contribution in [3.05, 3.63) is 47.5 Å². The lowest BCUT2D eigenvalue weighted by atomic mass is 10.1. The second-order valence-corrected chi connectivity index (χ2v) is 6.30. The summed E-state index contributed by atoms with van der Waals surface area (Å²) < 4.78 is 20.8. The van der Waals surface area contributed by atoms with Crippen LogP contribution in [-0.4, -0.2) is 53.9 Å². The van der Waals surface area contributed by atoms with Crippen LogP contribution in [0.5, 0.6) is 17.2 Å². The normalized spacial score (nSPS) is 10.1. The highest BCUT2D eigenvalue weighted by Gasteiger charge is 2.22. The molecule has 0 aliphatic rings. The molecule has 0 saturated heterocycles. The minimum Gasteiger partial charge on any atom is -0.493 e. The fourth-order valence-electron chi connectivity index (χ4n) is 2.63. The third-order valence-electron chi connectivity index (χ3n) is 4.20. The maximum absolute atomic E-state index is 12.4. The number of nitrogens with zero attached hydrogens (tertiary/aromatic N) is 1. The molecule has 1 amide bonds. The van der Waals surface area contributed by atoms with Gasteiger partial charge in [0.05, 0.1) is 21.3 Å². The van der Waals surface area contributed by atoms with E-state index in [4.69, 9.17) is 18.9 Å². The van der Waals surface area contributed by atoms with Crippen LogP contribution in [0.4, 0.5) is 5.69 Å². The third-order valence-corrected chi connectivity index (χ3v) is 4.20. The van der Waals surface area contributed by atoms with Crippen molar-refractivity contribution >= 4 is 17.6 Å². The number of carbonyl (C=O) groups is 2. The van der Waals surface area contributed by atoms with E-state index in [1.807, 2.05) is 43.3 Å². The Bertz CT molecular complexity index is 849. The van der Waals surface area contributed by atoms with Crippen LogP contribution >= 0.6 is 0 Å². The van der Waals surface area contributed by atoms with Crippen molar-refractivity contribution in [1.29, 1.82) is 0 Å². The smallest absolute Gasteiger partial charge is 0.342 e. The summed E-state index contributed by atoms with van der Waals surface area (Å²) in [6.45, 7) is -0.0735. The molecule has 156 valence electrons. The Labute approximate surface area is 170 Å². The molecule has 0 aliphatic heterocycles. The van der Waals surface area contributed by atoms with Crippen LogP contribution in [0.3, 0.4) is 0 Å². The highest BCUT2D eigenvalue weighted by Crippen LogP contribution is 2.39. The van der Waals surface area contributed by atoms with Gasteiger partial charge in [-0.3, -0.25) is 4.79 Å². The van der Waals surface area contributed by atoms with Gasteiger partial charge in [0.1, 0.15) is 5.56 Å². The van der Waals surface area contributed by atoms with E-state index in [1.54, 1.807) is 6.07 Å². The van der Waals surface area contributed by atoms with Gasteiger partial charge in [-0.2, -0.15) is 0 Å². The Morgan fingerprint density at radius 1 is 0.897 bits per heavy atom. The van der Waals surface area contributed by atoms with Crippen molar-refractivity contribution in [2.24, 2.45) is 0 Å². The van der Waals surface area contributed by atoms with Crippen molar-refractivity contribution in [2.75, 3.05) is 46.9 Å². The zero-order chi connectivity index (χ0) is 21.4. The van der Waals surface area contributed by atoms with Gasteiger partial charge in [-0.25, -0.2) is 4.79 Å². The number of nitrogens with one attached hydrogen (secondary N) is 1. The summed E-state index contributed by atoms with van der Waals surface area (Å²) in [5.74, 6) is -0.241. The van der Waals surface area contributed by atoms with Crippen LogP contribution in [-0.2, 0) is 16.1 Å². The summed E-state index contributed by atoms with van der Waals surface area (Å²) >= 11 is 0. The minimum atomic E-state index is -0.701. The van der Waals surface area contributed by atoms with Crippen molar-refractivity contribution in [3.63, 3.8) is 0 Å². The second kappa shape index (κ2) is 10.2. The lowest BCUT2D eigenvalue weighted by Crippen LogP contribution is -2.28. The van der Waals surface area contributed by atoms with Crippen molar-refractivity contribution < 1.29 is 28.5 Å². The van der Waals surface area contributed by atoms with Gasteiger partial charge in [-0.1, -0.05) is 12.1 Å². The SMILES string of the molecule is COc1ccc(C(=O)OCC(=O)NCc2ccc(N(C)C)cc2)c(OC)c1OC. The number of esters is 1. The summed E-state index contributed by atoms with van der Waals surface area (Å²) in [5, 5.41) is 2.72. The lowest BCUT2D eigenvalue weighted by molar-refractivity contribution is -0.124. The number of amides is 1. The molecule has 0 bridgehead atoms. The fraction of sp³-hybridized carbons (Fsp3) is 0.333. The maximum atomic E-state index is 12.4. The monoisotopic (exact) mass is 402 g/mol. The van der Waals surface area contributed by atoms with E-state index in [0.29, 0.717) is 12.3 Å². The summed E-state index contributed by atoms with van der Waals surface area (Å²) in [6.07, 6.45) is 0. The van der Waals surface area contributed by atoms with Gasteiger partial charge in [0.2, 0.25) is 5.75 Å². The number of hydrogen-bond donors (Lipinski definition) is 1. The topological polar surface area (TPSA) is 86.3 Å². The van der Waals surface area contributed by atoms with Crippen LogP contribution < -0.4 is 24.4 Å². The van der Waals surface area contributed by atoms with E-state index in [9.17, 15) is 9.59 Å². The van der Waals surface area contributed by atoms with Crippen molar-refractivity contribution in [2.45, 2.75) is 6.54 Å². The molecule has 0 radical (unpaired) electrons. The van der Waals surface area contributed by atoms with Crippen LogP contribution in [0.1, 0.15) is 15.9 Å². The maximum Gasteiger partial charge on any atom is 0.342 e. The minimum absolute atomic E-state index is 0.136. The molecule has 0 unspecified atom stereocenters. The number of ether oxygens (including phenoxy) is 4. The number of benzene rings is 2. The lowest BCUT2D eigenvalue weighted by Gasteiger charge is -2.15. The molecule has 0 saturated carbocycles. The first kappa shape index (κ1) is 21.9. The summed E-state index contributed by atoms with van der Waals surface area (Å²) in [6, 6.07) is 10.8. The van der Waals surface area contributed by atoms with Gasteiger partial charge in [0.15, 0.2) is 18.1 Å². The summed E-state index contributed by atoms with van der Waals surface area (Å²) in [7, 11) is 8.24. The van der Waals surface area contributed by atoms with Crippen molar-refractivity contribution in [1.82, 2.24) is 5.32 Å². The van der Waals surface area contributed by atoms with Crippen molar-refractivity contribution in [3.8, 4) is 17.2 Å². The number of carbonyl (C=O) groups excluding carboxylic acids is 2. The highest BCUT2D eigenvalue weighted by atomic mass is 16.5. The Morgan fingerprint density at radius 2 is 1.55 bits per heavy atom. The average molecular weight is 402 g/mol. The molecule has 2 aromatic carbocycles. The molecule has 0 heterocycles. The molecule has 2 aromatic rings. The molecule has 29 heavy (non-hydrogen) atoms. The Balaban J connectivity index is 1.94. The molecule has 0 spiro atoms. The van der Waals surface area contributed by atoms with Crippen LogP contribution in [0.2, 0.25) is 0 Å². The predicted octanol–water partition coefficient (Wildman–Crippen LogP) is 2.25. The zero-order valence-corrected chi connectivity index (χ0v) is 17.3. The van der Waals surface area contributed by atoms with E-state index in [1.165, 1.54) is 27.4 Å². The predicted molar refractivity (Wildman–Crippen MR) is 109 cm³/mol. The van der Waals surface area contributed by atoms with E-state index < -0.39 is 18.5 Å². The van der Waals surface area contributed by atoms with Gasteiger partial charge in [-0.05, 0) is 29.8 Å². The largest absolute Gasteiger partial charge is 0.493 e. The van der Waals surface area contributed by atoms with E-state index in [0.717, 1.165) is 11.3 Å². The molecule has 2 rings (SSSR count). The van der Waals surface area contributed by atoms with E-state index in [2.05, 4.69) is 5.32 Å². The molecular weight excluding hydrogens is 376 g/mol. The quantitative estimate of drug-likeness (QED) is 0.644. The Kier molecular flexibility index (Phi) is 7.70. The molecule has 8 nitrogen and oxygen atoms in total. The number of rotatable bonds is 9. The Hall–Kier alpha value is -3.42. The molecule has 0 atom stereocenters. The fourth-order valence-corrected chi connectivity index (χ4v) is 2.63. The summed E-state index contributed by atoms with van der Waals surface area (Å²) in [4.78, 5) is 26.4. The van der Waals surface area contributed by atoms with Gasteiger partial charge in [0.25, 0.3) is 5.91 Å². The molecule has 8 heteroatoms. The average Bonchev–Trinajstić information content (AvgIpc) is 2.74. The second-order valence-electron chi connectivity index (χ2n) is 6.30. The Morgan fingerprint density at radius 3 is 2.10 bits per heavy atom.